The third-order valence-corrected chi connectivity index (χ3v) is 6.05. The molecule has 0 saturated carbocycles. The number of rotatable bonds is 5. The molecule has 5 rings (SSSR count). The number of ether oxygens (including phenoxy) is 2. The summed E-state index contributed by atoms with van der Waals surface area (Å²) < 4.78 is 14.1. The van der Waals surface area contributed by atoms with Crippen molar-refractivity contribution in [1.29, 1.82) is 0 Å². The minimum absolute atomic E-state index is 0.0374. The lowest BCUT2D eigenvalue weighted by molar-refractivity contribution is 0.0740. The zero-order valence-electron chi connectivity index (χ0n) is 18.1. The largest absolute Gasteiger partial charge is 0.477 e. The minimum Gasteiger partial charge on any atom is -0.477 e. The number of aryl methyl sites for hydroxylation is 1. The van der Waals surface area contributed by atoms with Gasteiger partial charge in [0.2, 0.25) is 5.88 Å². The van der Waals surface area contributed by atoms with Crippen molar-refractivity contribution in [3.8, 4) is 5.88 Å². The number of methoxy groups -OCH3 is 1. The summed E-state index contributed by atoms with van der Waals surface area (Å²) in [6, 6.07) is 5.72. The molecule has 1 aromatic carbocycles. The summed E-state index contributed by atoms with van der Waals surface area (Å²) in [6.07, 6.45) is 4.09. The topological polar surface area (TPSA) is 94.7 Å². The number of fused-ring (bicyclic) bond motifs is 2. The highest BCUT2D eigenvalue weighted by Crippen LogP contribution is 2.25. The van der Waals surface area contributed by atoms with Gasteiger partial charge in [-0.15, -0.1) is 0 Å². The molecule has 0 aliphatic carbocycles. The first-order valence-electron chi connectivity index (χ1n) is 10.9. The number of carbonyl (C=O) groups is 1. The van der Waals surface area contributed by atoms with E-state index < -0.39 is 0 Å². The van der Waals surface area contributed by atoms with Crippen LogP contribution in [0.25, 0.3) is 10.9 Å². The summed E-state index contributed by atoms with van der Waals surface area (Å²) in [6.45, 7) is 4.95. The zero-order valence-corrected chi connectivity index (χ0v) is 18.1. The highest BCUT2D eigenvalue weighted by atomic mass is 16.5. The first-order valence-corrected chi connectivity index (χ1v) is 10.9. The smallest absolute Gasteiger partial charge is 0.261 e. The second-order valence-corrected chi connectivity index (χ2v) is 8.01. The number of piperazine rings is 1. The van der Waals surface area contributed by atoms with Crippen LogP contribution in [0.4, 0.5) is 5.69 Å². The molecule has 2 aliphatic heterocycles. The molecule has 1 fully saturated rings. The van der Waals surface area contributed by atoms with Crippen LogP contribution in [0.15, 0.2) is 35.5 Å². The van der Waals surface area contributed by atoms with Crippen LogP contribution in [-0.4, -0.2) is 76.6 Å². The molecule has 168 valence electrons. The lowest BCUT2D eigenvalue weighted by atomic mass is 10.2. The predicted octanol–water partition coefficient (Wildman–Crippen LogP) is 0.984. The summed E-state index contributed by atoms with van der Waals surface area (Å²) in [4.78, 5) is 34.2. The molecule has 0 bridgehead atoms. The van der Waals surface area contributed by atoms with Crippen LogP contribution in [0.3, 0.4) is 0 Å². The summed E-state index contributed by atoms with van der Waals surface area (Å²) in [5.41, 5.74) is 2.14. The lowest BCUT2D eigenvalue weighted by Crippen LogP contribution is -2.48. The van der Waals surface area contributed by atoms with Crippen molar-refractivity contribution in [2.24, 2.45) is 0 Å². The molecule has 2 aliphatic rings. The fraction of sp³-hybridized carbons (Fsp3) is 0.455. The molecule has 3 aromatic rings. The number of hydrogen-bond donors (Lipinski definition) is 0. The van der Waals surface area contributed by atoms with Crippen LogP contribution >= 0.6 is 0 Å². The van der Waals surface area contributed by atoms with Crippen molar-refractivity contribution in [3.05, 3.63) is 46.6 Å². The molecule has 0 radical (unpaired) electrons. The van der Waals surface area contributed by atoms with Crippen molar-refractivity contribution in [2.45, 2.75) is 19.5 Å². The zero-order chi connectivity index (χ0) is 22.1. The average Bonchev–Trinajstić information content (AvgIpc) is 3.27. The van der Waals surface area contributed by atoms with Crippen LogP contribution in [0.2, 0.25) is 0 Å². The van der Waals surface area contributed by atoms with Gasteiger partial charge in [-0.3, -0.25) is 14.2 Å². The Bertz CT molecular complexity index is 1190. The molecular weight excluding hydrogens is 412 g/mol. The van der Waals surface area contributed by atoms with Crippen LogP contribution < -0.4 is 15.2 Å². The normalized spacial score (nSPS) is 16.2. The fourth-order valence-electron chi connectivity index (χ4n) is 4.25. The molecule has 4 heterocycles. The first kappa shape index (κ1) is 20.5. The monoisotopic (exact) mass is 438 g/mol. The van der Waals surface area contributed by atoms with Gasteiger partial charge in [-0.25, -0.2) is 9.67 Å². The van der Waals surface area contributed by atoms with Gasteiger partial charge in [0.25, 0.3) is 11.5 Å². The Hall–Kier alpha value is -3.40. The van der Waals surface area contributed by atoms with E-state index in [9.17, 15) is 9.59 Å². The second kappa shape index (κ2) is 8.62. The van der Waals surface area contributed by atoms with Crippen LogP contribution in [0.5, 0.6) is 5.88 Å². The Morgan fingerprint density at radius 3 is 2.84 bits per heavy atom. The van der Waals surface area contributed by atoms with Gasteiger partial charge in [0.05, 0.1) is 43.2 Å². The Labute approximate surface area is 184 Å². The molecule has 10 heteroatoms. The number of anilines is 1. The van der Waals surface area contributed by atoms with Crippen molar-refractivity contribution >= 4 is 22.5 Å². The van der Waals surface area contributed by atoms with E-state index in [1.807, 2.05) is 23.1 Å². The molecule has 0 N–H and O–H groups in total. The summed E-state index contributed by atoms with van der Waals surface area (Å²) in [7, 11) is 1.61. The van der Waals surface area contributed by atoms with Crippen LogP contribution in [0.1, 0.15) is 16.8 Å². The summed E-state index contributed by atoms with van der Waals surface area (Å²) in [5.74, 6) is 0.546. The van der Waals surface area contributed by atoms with E-state index in [0.29, 0.717) is 68.3 Å². The van der Waals surface area contributed by atoms with Gasteiger partial charge in [0, 0.05) is 51.9 Å². The van der Waals surface area contributed by atoms with Crippen molar-refractivity contribution < 1.29 is 14.3 Å². The average molecular weight is 438 g/mol. The molecule has 0 atom stereocenters. The van der Waals surface area contributed by atoms with Gasteiger partial charge in [0.15, 0.2) is 0 Å². The second-order valence-electron chi connectivity index (χ2n) is 8.01. The van der Waals surface area contributed by atoms with E-state index in [4.69, 9.17) is 9.47 Å². The van der Waals surface area contributed by atoms with Crippen LogP contribution in [0, 0.1) is 0 Å². The van der Waals surface area contributed by atoms with Gasteiger partial charge in [-0.05, 0) is 18.2 Å². The van der Waals surface area contributed by atoms with E-state index in [0.717, 1.165) is 18.7 Å². The Morgan fingerprint density at radius 2 is 2.03 bits per heavy atom. The van der Waals surface area contributed by atoms with Gasteiger partial charge in [-0.1, -0.05) is 0 Å². The van der Waals surface area contributed by atoms with Crippen molar-refractivity contribution in [1.82, 2.24) is 24.2 Å². The van der Waals surface area contributed by atoms with Gasteiger partial charge < -0.3 is 19.3 Å². The molecule has 1 saturated heterocycles. The SMILES string of the molecule is COCCn1cnc2cc(N3CCN(C(=O)c4cnn5c4OCCC5)CC3)ccc2c1=O. The number of amides is 1. The Kier molecular flexibility index (Phi) is 5.52. The number of carbonyl (C=O) groups excluding carboxylic acids is 1. The number of benzene rings is 1. The van der Waals surface area contributed by atoms with Gasteiger partial charge in [0.1, 0.15) is 5.56 Å². The fourth-order valence-corrected chi connectivity index (χ4v) is 4.25. The summed E-state index contributed by atoms with van der Waals surface area (Å²) >= 11 is 0. The molecular formula is C22H26N6O4. The Balaban J connectivity index is 1.28. The summed E-state index contributed by atoms with van der Waals surface area (Å²) in [5, 5.41) is 4.88. The van der Waals surface area contributed by atoms with E-state index in [-0.39, 0.29) is 11.5 Å². The van der Waals surface area contributed by atoms with Gasteiger partial charge in [-0.2, -0.15) is 5.10 Å². The van der Waals surface area contributed by atoms with Gasteiger partial charge >= 0.3 is 0 Å². The van der Waals surface area contributed by atoms with Crippen molar-refractivity contribution in [2.75, 3.05) is 51.4 Å². The highest BCUT2D eigenvalue weighted by molar-refractivity contribution is 5.96. The third-order valence-electron chi connectivity index (χ3n) is 6.05. The first-order chi connectivity index (χ1) is 15.7. The molecule has 32 heavy (non-hydrogen) atoms. The van der Waals surface area contributed by atoms with E-state index in [1.165, 1.54) is 0 Å². The molecule has 10 nitrogen and oxygen atoms in total. The lowest BCUT2D eigenvalue weighted by Gasteiger charge is -2.36. The van der Waals surface area contributed by atoms with Crippen LogP contribution in [-0.2, 0) is 17.8 Å². The third kappa shape index (κ3) is 3.70. The maximum Gasteiger partial charge on any atom is 0.261 e. The molecule has 2 aromatic heterocycles. The Morgan fingerprint density at radius 1 is 1.19 bits per heavy atom. The maximum atomic E-state index is 13.0. The van der Waals surface area contributed by atoms with E-state index >= 15 is 0 Å². The molecule has 1 amide bonds. The number of nitrogens with zero attached hydrogens (tertiary/aromatic N) is 6. The quantitative estimate of drug-likeness (QED) is 0.586. The van der Waals surface area contributed by atoms with Crippen molar-refractivity contribution in [3.63, 3.8) is 0 Å². The standard InChI is InChI=1S/C22H26N6O4/c1-31-12-10-27-15-23-19-13-16(3-4-17(19)20(27)29)25-6-8-26(9-7-25)21(30)18-14-24-28-5-2-11-32-22(18)28/h3-4,13-15H,2,5-12H2,1H3. The molecule has 0 spiro atoms. The van der Waals surface area contributed by atoms with E-state index in [2.05, 4.69) is 15.0 Å². The predicted molar refractivity (Wildman–Crippen MR) is 118 cm³/mol. The number of aromatic nitrogens is 4. The number of hydrogen-bond acceptors (Lipinski definition) is 7. The minimum atomic E-state index is -0.0688. The van der Waals surface area contributed by atoms with E-state index in [1.54, 1.807) is 28.9 Å². The molecule has 0 unspecified atom stereocenters. The highest BCUT2D eigenvalue weighted by Gasteiger charge is 2.28. The maximum absolute atomic E-state index is 13.0.